The van der Waals surface area contributed by atoms with Gasteiger partial charge in [0, 0.05) is 12.6 Å². The Hall–Kier alpha value is -2.51. The van der Waals surface area contributed by atoms with E-state index in [-0.39, 0.29) is 16.6 Å². The molecule has 0 spiro atoms. The van der Waals surface area contributed by atoms with Crippen molar-refractivity contribution in [3.05, 3.63) is 53.1 Å². The smallest absolute Gasteiger partial charge is 0.233 e. The number of nitrogens with one attached hydrogen (secondary N) is 1. The molecule has 1 heterocycles. The second-order valence-electron chi connectivity index (χ2n) is 8.16. The first-order chi connectivity index (χ1) is 14.7. The molecule has 0 aliphatic carbocycles. The molecular weight excluding hydrogens is 432 g/mol. The Morgan fingerprint density at radius 2 is 1.84 bits per heavy atom. The Balaban J connectivity index is 2.11. The Morgan fingerprint density at radius 3 is 2.39 bits per heavy atom. The number of benzene rings is 2. The lowest BCUT2D eigenvalue weighted by atomic mass is 9.87. The largest absolute Gasteiger partial charge is 0.495 e. The van der Waals surface area contributed by atoms with Gasteiger partial charge < -0.3 is 10.1 Å². The summed E-state index contributed by atoms with van der Waals surface area (Å²) in [6, 6.07) is 13.8. The molecule has 1 atom stereocenters. The van der Waals surface area contributed by atoms with Crippen LogP contribution in [0.2, 0.25) is 5.02 Å². The zero-order chi connectivity index (χ0) is 22.8. The number of halogens is 1. The van der Waals surface area contributed by atoms with E-state index in [0.29, 0.717) is 21.8 Å². The van der Waals surface area contributed by atoms with Crippen LogP contribution in [0.4, 0.5) is 0 Å². The number of carbonyl (C=O) groups excluding carboxylic acids is 1. The predicted octanol–water partition coefficient (Wildman–Crippen LogP) is 5.12. The summed E-state index contributed by atoms with van der Waals surface area (Å²) >= 11 is 7.74. The molecule has 0 aliphatic rings. The zero-order valence-electron chi connectivity index (χ0n) is 18.6. The van der Waals surface area contributed by atoms with Gasteiger partial charge >= 0.3 is 0 Å². The lowest BCUT2D eigenvalue weighted by Gasteiger charge is -2.19. The maximum absolute atomic E-state index is 12.1. The average molecular weight is 459 g/mol. The fraction of sp³-hybridized carbons (Fsp3) is 0.348. The summed E-state index contributed by atoms with van der Waals surface area (Å²) in [6.07, 6.45) is 0. The average Bonchev–Trinajstić information content (AvgIpc) is 3.15. The quantitative estimate of drug-likeness (QED) is 0.519. The molecule has 0 bridgehead atoms. The van der Waals surface area contributed by atoms with E-state index in [0.717, 1.165) is 11.3 Å². The van der Waals surface area contributed by atoms with E-state index >= 15 is 0 Å². The number of hydrogen-bond donors (Lipinski definition) is 1. The number of amides is 1. The highest BCUT2D eigenvalue weighted by Crippen LogP contribution is 2.34. The number of aromatic nitrogens is 3. The van der Waals surface area contributed by atoms with Gasteiger partial charge in [0.25, 0.3) is 0 Å². The van der Waals surface area contributed by atoms with Crippen LogP contribution in [0.25, 0.3) is 17.1 Å². The van der Waals surface area contributed by atoms with Crippen molar-refractivity contribution in [1.82, 2.24) is 20.1 Å². The lowest BCUT2D eigenvalue weighted by molar-refractivity contribution is -0.119. The van der Waals surface area contributed by atoms with Crippen molar-refractivity contribution in [2.75, 3.05) is 14.2 Å². The van der Waals surface area contributed by atoms with Crippen LogP contribution in [0.1, 0.15) is 33.3 Å². The van der Waals surface area contributed by atoms with E-state index in [4.69, 9.17) is 16.3 Å². The van der Waals surface area contributed by atoms with Gasteiger partial charge in [-0.05, 0) is 36.1 Å². The summed E-state index contributed by atoms with van der Waals surface area (Å²) in [6.45, 7) is 8.37. The van der Waals surface area contributed by atoms with Gasteiger partial charge in [-0.3, -0.25) is 9.36 Å². The van der Waals surface area contributed by atoms with E-state index in [9.17, 15) is 4.79 Å². The molecule has 1 aromatic heterocycles. The van der Waals surface area contributed by atoms with E-state index in [1.807, 2.05) is 35.8 Å². The van der Waals surface area contributed by atoms with E-state index in [1.165, 1.54) is 17.3 Å². The van der Waals surface area contributed by atoms with Crippen LogP contribution in [0.5, 0.6) is 5.75 Å². The minimum atomic E-state index is -0.335. The van der Waals surface area contributed by atoms with Crippen molar-refractivity contribution in [3.63, 3.8) is 0 Å². The van der Waals surface area contributed by atoms with Crippen LogP contribution in [-0.2, 0) is 10.2 Å². The van der Waals surface area contributed by atoms with E-state index in [2.05, 4.69) is 48.4 Å². The Kier molecular flexibility index (Phi) is 6.96. The second kappa shape index (κ2) is 9.32. The Bertz CT molecular complexity index is 1070. The maximum Gasteiger partial charge on any atom is 0.233 e. The fourth-order valence-corrected chi connectivity index (χ4v) is 4.27. The van der Waals surface area contributed by atoms with E-state index in [1.54, 1.807) is 20.2 Å². The highest BCUT2D eigenvalue weighted by atomic mass is 35.5. The number of thioether (sulfide) groups is 1. The molecule has 0 radical (unpaired) electrons. The number of carbonyl (C=O) groups is 1. The van der Waals surface area contributed by atoms with Crippen LogP contribution in [-0.4, -0.2) is 40.1 Å². The van der Waals surface area contributed by atoms with Crippen LogP contribution in [0.15, 0.2) is 47.6 Å². The van der Waals surface area contributed by atoms with Gasteiger partial charge in [0.2, 0.25) is 5.91 Å². The van der Waals surface area contributed by atoms with Gasteiger partial charge in [0.15, 0.2) is 11.0 Å². The third kappa shape index (κ3) is 5.05. The standard InChI is InChI=1S/C23H27ClN4O2S/c1-14(21(29)25-5)31-22-27-26-20(15-7-9-16(10-8-15)23(2,3)4)28(22)17-11-12-19(30-6)18(24)13-17/h7-14H,1-6H3,(H,25,29). The SMILES string of the molecule is CNC(=O)C(C)Sc1nnc(-c2ccc(C(C)(C)C)cc2)n1-c1ccc(OC)c(Cl)c1. The fourth-order valence-electron chi connectivity index (χ4n) is 3.09. The molecule has 0 aliphatic heterocycles. The third-order valence-corrected chi connectivity index (χ3v) is 6.27. The molecule has 164 valence electrons. The molecular formula is C23H27ClN4O2S. The van der Waals surface area contributed by atoms with Crippen molar-refractivity contribution in [2.45, 2.75) is 43.5 Å². The molecule has 6 nitrogen and oxygen atoms in total. The van der Waals surface area contributed by atoms with Crippen LogP contribution in [0, 0.1) is 0 Å². The number of hydrogen-bond acceptors (Lipinski definition) is 5. The molecule has 3 rings (SSSR count). The van der Waals surface area contributed by atoms with Crippen molar-refractivity contribution in [1.29, 1.82) is 0 Å². The first kappa shape index (κ1) is 23.2. The summed E-state index contributed by atoms with van der Waals surface area (Å²) in [4.78, 5) is 12.1. The lowest BCUT2D eigenvalue weighted by Crippen LogP contribution is -2.27. The predicted molar refractivity (Wildman–Crippen MR) is 126 cm³/mol. The number of rotatable bonds is 6. The molecule has 1 amide bonds. The molecule has 2 aromatic carbocycles. The number of ether oxygens (including phenoxy) is 1. The second-order valence-corrected chi connectivity index (χ2v) is 9.88. The first-order valence-electron chi connectivity index (χ1n) is 9.94. The Labute approximate surface area is 192 Å². The topological polar surface area (TPSA) is 69.0 Å². The summed E-state index contributed by atoms with van der Waals surface area (Å²) in [7, 11) is 3.20. The number of nitrogens with zero attached hydrogens (tertiary/aromatic N) is 3. The van der Waals surface area contributed by atoms with Gasteiger partial charge in [-0.1, -0.05) is 68.4 Å². The minimum absolute atomic E-state index is 0.0552. The van der Waals surface area contributed by atoms with Crippen LogP contribution in [0.3, 0.4) is 0 Å². The molecule has 3 aromatic rings. The van der Waals surface area contributed by atoms with Crippen LogP contribution < -0.4 is 10.1 Å². The van der Waals surface area contributed by atoms with Crippen molar-refractivity contribution >= 4 is 29.3 Å². The maximum atomic E-state index is 12.1. The molecule has 0 saturated heterocycles. The third-order valence-electron chi connectivity index (χ3n) is 4.93. The van der Waals surface area contributed by atoms with Crippen LogP contribution >= 0.6 is 23.4 Å². The molecule has 1 N–H and O–H groups in total. The molecule has 31 heavy (non-hydrogen) atoms. The normalized spacial score (nSPS) is 12.5. The summed E-state index contributed by atoms with van der Waals surface area (Å²) in [5, 5.41) is 12.3. The van der Waals surface area contributed by atoms with Gasteiger partial charge in [0.05, 0.1) is 23.1 Å². The summed E-state index contributed by atoms with van der Waals surface area (Å²) < 4.78 is 7.21. The summed E-state index contributed by atoms with van der Waals surface area (Å²) in [5.41, 5.74) is 3.00. The highest BCUT2D eigenvalue weighted by Gasteiger charge is 2.22. The zero-order valence-corrected chi connectivity index (χ0v) is 20.1. The molecule has 0 saturated carbocycles. The monoisotopic (exact) mass is 458 g/mol. The summed E-state index contributed by atoms with van der Waals surface area (Å²) in [5.74, 6) is 1.18. The van der Waals surface area contributed by atoms with Crippen molar-refractivity contribution in [3.8, 4) is 22.8 Å². The van der Waals surface area contributed by atoms with E-state index < -0.39 is 0 Å². The number of methoxy groups -OCH3 is 1. The van der Waals surface area contributed by atoms with Crippen molar-refractivity contribution < 1.29 is 9.53 Å². The molecule has 1 unspecified atom stereocenters. The minimum Gasteiger partial charge on any atom is -0.495 e. The van der Waals surface area contributed by atoms with Gasteiger partial charge in [0.1, 0.15) is 5.75 Å². The van der Waals surface area contributed by atoms with Gasteiger partial charge in [-0.25, -0.2) is 0 Å². The first-order valence-corrected chi connectivity index (χ1v) is 11.2. The molecule has 8 heteroatoms. The molecule has 0 fully saturated rings. The Morgan fingerprint density at radius 1 is 1.16 bits per heavy atom. The highest BCUT2D eigenvalue weighted by molar-refractivity contribution is 8.00. The van der Waals surface area contributed by atoms with Gasteiger partial charge in [-0.15, -0.1) is 10.2 Å². The van der Waals surface area contributed by atoms with Crippen molar-refractivity contribution in [2.24, 2.45) is 0 Å². The van der Waals surface area contributed by atoms with Gasteiger partial charge in [-0.2, -0.15) is 0 Å².